The number of amides is 1. The van der Waals surface area contributed by atoms with Gasteiger partial charge in [-0.05, 0) is 24.3 Å². The fourth-order valence-corrected chi connectivity index (χ4v) is 2.03. The molecule has 1 rings (SSSR count). The van der Waals surface area contributed by atoms with E-state index in [1.807, 2.05) is 0 Å². The molecule has 0 fully saturated rings. The van der Waals surface area contributed by atoms with Gasteiger partial charge in [0.2, 0.25) is 11.9 Å². The molecule has 1 aromatic rings. The second-order valence-corrected chi connectivity index (χ2v) is 5.07. The van der Waals surface area contributed by atoms with Crippen LogP contribution in [0.1, 0.15) is 0 Å². The van der Waals surface area contributed by atoms with Crippen LogP contribution in [0.3, 0.4) is 0 Å². The summed E-state index contributed by atoms with van der Waals surface area (Å²) >= 11 is 5.31. The molecule has 0 spiro atoms. The van der Waals surface area contributed by atoms with E-state index in [-0.39, 0.29) is 10.8 Å². The number of carbonyl (C=O) groups excluding carboxylic acids is 1. The first-order valence-electron chi connectivity index (χ1n) is 4.67. The number of rotatable bonds is 4. The average molecular weight is 291 g/mol. The van der Waals surface area contributed by atoms with Crippen molar-refractivity contribution in [3.05, 3.63) is 24.3 Å². The van der Waals surface area contributed by atoms with Gasteiger partial charge < -0.3 is 16.8 Å². The third-order valence-electron chi connectivity index (χ3n) is 1.78. The lowest BCUT2D eigenvalue weighted by atomic mass is 10.3. The molecule has 0 bridgehead atoms. The van der Waals surface area contributed by atoms with Gasteiger partial charge in [-0.1, -0.05) is 0 Å². The molecule has 1 aromatic carbocycles. The molecule has 0 heterocycles. The molecule has 0 saturated heterocycles. The second kappa shape index (κ2) is 5.69. The third-order valence-corrected chi connectivity index (χ3v) is 3.34. The standard InChI is InChI=1S/C9H11ClN4O3S/c10-5-8(15)13-6-1-3-7(4-2-6)18(16,17)14-9(11)12/h1-4H,5H2,(H,13,15)(H4,11,12,14). The zero-order valence-corrected chi connectivity index (χ0v) is 10.7. The normalized spacial score (nSPS) is 10.7. The molecule has 98 valence electrons. The van der Waals surface area contributed by atoms with Gasteiger partial charge in [-0.2, -0.15) is 8.42 Å². The molecule has 0 aliphatic carbocycles. The second-order valence-electron chi connectivity index (χ2n) is 3.20. The number of benzene rings is 1. The van der Waals surface area contributed by atoms with Gasteiger partial charge in [0.15, 0.2) is 0 Å². The maximum Gasteiger partial charge on any atom is 0.285 e. The van der Waals surface area contributed by atoms with Crippen molar-refractivity contribution in [1.29, 1.82) is 0 Å². The van der Waals surface area contributed by atoms with Gasteiger partial charge in [0.25, 0.3) is 10.0 Å². The van der Waals surface area contributed by atoms with Crippen LogP contribution in [0.4, 0.5) is 5.69 Å². The first-order valence-corrected chi connectivity index (χ1v) is 6.64. The van der Waals surface area contributed by atoms with Gasteiger partial charge in [-0.25, -0.2) is 0 Å². The van der Waals surface area contributed by atoms with Crippen LogP contribution in [0.15, 0.2) is 33.6 Å². The van der Waals surface area contributed by atoms with Crippen molar-refractivity contribution >= 4 is 39.2 Å². The molecule has 1 amide bonds. The van der Waals surface area contributed by atoms with Crippen molar-refractivity contribution < 1.29 is 13.2 Å². The monoisotopic (exact) mass is 290 g/mol. The molecule has 0 aliphatic rings. The number of nitrogens with two attached hydrogens (primary N) is 2. The van der Waals surface area contributed by atoms with Gasteiger partial charge in [-0.3, -0.25) is 4.79 Å². The molecule has 0 atom stereocenters. The minimum atomic E-state index is -3.91. The maximum absolute atomic E-state index is 11.6. The van der Waals surface area contributed by atoms with Gasteiger partial charge in [0.05, 0.1) is 4.90 Å². The van der Waals surface area contributed by atoms with E-state index in [0.29, 0.717) is 5.69 Å². The van der Waals surface area contributed by atoms with E-state index in [0.717, 1.165) is 0 Å². The number of halogens is 1. The Balaban J connectivity index is 2.96. The summed E-state index contributed by atoms with van der Waals surface area (Å²) in [6, 6.07) is 5.34. The smallest absolute Gasteiger partial charge is 0.285 e. The molecule has 0 saturated carbocycles. The molecule has 0 aliphatic heterocycles. The molecular formula is C9H11ClN4O3S. The SMILES string of the molecule is NC(N)=NS(=O)(=O)c1ccc(NC(=O)CCl)cc1. The maximum atomic E-state index is 11.6. The highest BCUT2D eigenvalue weighted by atomic mass is 35.5. The molecule has 9 heteroatoms. The number of sulfonamides is 1. The van der Waals surface area contributed by atoms with Crippen LogP contribution in [0, 0.1) is 0 Å². The van der Waals surface area contributed by atoms with Crippen molar-refractivity contribution in [3.63, 3.8) is 0 Å². The first-order chi connectivity index (χ1) is 8.35. The predicted octanol–water partition coefficient (Wildman–Crippen LogP) is -0.174. The highest BCUT2D eigenvalue weighted by Gasteiger charge is 2.12. The Hall–Kier alpha value is -1.80. The third kappa shape index (κ3) is 3.90. The lowest BCUT2D eigenvalue weighted by Crippen LogP contribution is -2.24. The Bertz CT molecular complexity index is 564. The number of hydrogen-bond donors (Lipinski definition) is 3. The molecular weight excluding hydrogens is 280 g/mol. The van der Waals surface area contributed by atoms with Crippen LogP contribution in [-0.4, -0.2) is 26.2 Å². The fourth-order valence-electron chi connectivity index (χ4n) is 1.10. The van der Waals surface area contributed by atoms with Crippen LogP contribution >= 0.6 is 11.6 Å². The number of anilines is 1. The Labute approximate surface area is 109 Å². The van der Waals surface area contributed by atoms with E-state index in [9.17, 15) is 13.2 Å². The zero-order valence-electron chi connectivity index (χ0n) is 9.13. The van der Waals surface area contributed by atoms with Crippen LogP contribution in [0.5, 0.6) is 0 Å². The van der Waals surface area contributed by atoms with Crippen LogP contribution < -0.4 is 16.8 Å². The molecule has 7 nitrogen and oxygen atoms in total. The lowest BCUT2D eigenvalue weighted by Gasteiger charge is -2.04. The van der Waals surface area contributed by atoms with Crippen molar-refractivity contribution in [2.75, 3.05) is 11.2 Å². The van der Waals surface area contributed by atoms with Crippen molar-refractivity contribution in [1.82, 2.24) is 0 Å². The summed E-state index contributed by atoms with van der Waals surface area (Å²) < 4.78 is 26.3. The number of hydrogen-bond acceptors (Lipinski definition) is 3. The summed E-state index contributed by atoms with van der Waals surface area (Å²) in [5, 5.41) is 2.46. The summed E-state index contributed by atoms with van der Waals surface area (Å²) in [7, 11) is -3.91. The van der Waals surface area contributed by atoms with Gasteiger partial charge in [-0.15, -0.1) is 16.0 Å². The minimum absolute atomic E-state index is 0.0835. The average Bonchev–Trinajstić information content (AvgIpc) is 2.28. The number of alkyl halides is 1. The summed E-state index contributed by atoms with van der Waals surface area (Å²) in [5.41, 5.74) is 10.4. The first kappa shape index (κ1) is 14.3. The van der Waals surface area contributed by atoms with E-state index >= 15 is 0 Å². The van der Waals surface area contributed by atoms with E-state index in [1.165, 1.54) is 24.3 Å². The topological polar surface area (TPSA) is 128 Å². The molecule has 0 unspecified atom stereocenters. The van der Waals surface area contributed by atoms with Gasteiger partial charge in [0, 0.05) is 5.69 Å². The van der Waals surface area contributed by atoms with E-state index in [2.05, 4.69) is 9.71 Å². The summed E-state index contributed by atoms with van der Waals surface area (Å²) in [5.74, 6) is -1.13. The largest absolute Gasteiger partial charge is 0.369 e. The van der Waals surface area contributed by atoms with Gasteiger partial charge in [0.1, 0.15) is 5.88 Å². The van der Waals surface area contributed by atoms with Crippen LogP contribution in [0.2, 0.25) is 0 Å². The Morgan fingerprint density at radius 3 is 2.28 bits per heavy atom. The number of nitrogens with one attached hydrogen (secondary N) is 1. The van der Waals surface area contributed by atoms with Crippen LogP contribution in [-0.2, 0) is 14.8 Å². The number of guanidine groups is 1. The molecule has 18 heavy (non-hydrogen) atoms. The Morgan fingerprint density at radius 1 is 1.28 bits per heavy atom. The fraction of sp³-hybridized carbons (Fsp3) is 0.111. The molecule has 0 aromatic heterocycles. The summed E-state index contributed by atoms with van der Waals surface area (Å²) in [6.07, 6.45) is 0. The lowest BCUT2D eigenvalue weighted by molar-refractivity contribution is -0.113. The van der Waals surface area contributed by atoms with Crippen LogP contribution in [0.25, 0.3) is 0 Å². The van der Waals surface area contributed by atoms with Crippen molar-refractivity contribution in [3.8, 4) is 0 Å². The van der Waals surface area contributed by atoms with Crippen molar-refractivity contribution in [2.45, 2.75) is 4.90 Å². The molecule has 0 radical (unpaired) electrons. The Kier molecular flexibility index (Phi) is 4.51. The zero-order chi connectivity index (χ0) is 13.8. The Morgan fingerprint density at radius 2 is 1.83 bits per heavy atom. The number of nitrogens with zero attached hydrogens (tertiary/aromatic N) is 1. The van der Waals surface area contributed by atoms with Gasteiger partial charge >= 0.3 is 0 Å². The highest BCUT2D eigenvalue weighted by molar-refractivity contribution is 7.90. The van der Waals surface area contributed by atoms with E-state index < -0.39 is 21.9 Å². The van der Waals surface area contributed by atoms with E-state index in [1.54, 1.807) is 0 Å². The van der Waals surface area contributed by atoms with Crippen molar-refractivity contribution in [2.24, 2.45) is 15.9 Å². The minimum Gasteiger partial charge on any atom is -0.369 e. The van der Waals surface area contributed by atoms with E-state index in [4.69, 9.17) is 23.1 Å². The summed E-state index contributed by atoms with van der Waals surface area (Å²) in [4.78, 5) is 10.9. The predicted molar refractivity (Wildman–Crippen MR) is 68.8 cm³/mol. The molecule has 5 N–H and O–H groups in total. The highest BCUT2D eigenvalue weighted by Crippen LogP contribution is 2.16. The summed E-state index contributed by atoms with van der Waals surface area (Å²) in [6.45, 7) is 0. The number of carbonyl (C=O) groups is 1. The quantitative estimate of drug-likeness (QED) is 0.403.